The van der Waals surface area contributed by atoms with Gasteiger partial charge in [-0.2, -0.15) is 0 Å². The van der Waals surface area contributed by atoms with Crippen molar-refractivity contribution in [2.75, 3.05) is 32.1 Å². The molecule has 6 heteroatoms. The molecule has 1 saturated heterocycles. The van der Waals surface area contributed by atoms with Crippen molar-refractivity contribution in [2.45, 2.75) is 24.8 Å². The summed E-state index contributed by atoms with van der Waals surface area (Å²) in [5.41, 5.74) is 1.14. The van der Waals surface area contributed by atoms with E-state index in [4.69, 9.17) is 0 Å². The number of aromatic nitrogens is 1. The summed E-state index contributed by atoms with van der Waals surface area (Å²) < 4.78 is 0. The Hall–Kier alpha value is -3.15. The second kappa shape index (κ2) is 8.90. The van der Waals surface area contributed by atoms with Gasteiger partial charge in [0.15, 0.2) is 0 Å². The van der Waals surface area contributed by atoms with Gasteiger partial charge in [0.2, 0.25) is 11.8 Å². The second-order valence-electron chi connectivity index (χ2n) is 7.54. The van der Waals surface area contributed by atoms with E-state index in [-0.39, 0.29) is 11.8 Å². The maximum Gasteiger partial charge on any atom is 0.245 e. The maximum absolute atomic E-state index is 13.4. The van der Waals surface area contributed by atoms with E-state index in [0.29, 0.717) is 32.5 Å². The van der Waals surface area contributed by atoms with Crippen molar-refractivity contribution in [1.29, 1.82) is 0 Å². The van der Waals surface area contributed by atoms with Gasteiger partial charge in [0, 0.05) is 27.2 Å². The van der Waals surface area contributed by atoms with Crippen LogP contribution < -0.4 is 10.2 Å². The summed E-state index contributed by atoms with van der Waals surface area (Å²) in [6.07, 6.45) is 2.49. The first-order valence-corrected chi connectivity index (χ1v) is 9.85. The molecule has 1 aromatic carbocycles. The molecule has 6 nitrogen and oxygen atoms in total. The number of pyridine rings is 1. The van der Waals surface area contributed by atoms with Crippen LogP contribution in [0.4, 0.5) is 5.82 Å². The molecule has 0 aliphatic carbocycles. The Labute approximate surface area is 172 Å². The highest BCUT2D eigenvalue weighted by molar-refractivity contribution is 5.90. The molecular formula is C23H28N4O2. The summed E-state index contributed by atoms with van der Waals surface area (Å²) in [5, 5.41) is 3.09. The minimum atomic E-state index is -0.654. The van der Waals surface area contributed by atoms with E-state index < -0.39 is 5.41 Å². The van der Waals surface area contributed by atoms with E-state index in [9.17, 15) is 9.59 Å². The molecule has 2 aromatic rings. The largest absolute Gasteiger partial charge is 0.363 e. The standard InChI is InChI=1S/C23H28N4O2/c1-4-21(28)27-15-13-23(14-16-27,18-9-6-5-7-10-18)22(29)24-17-19-11-8-12-20(25-19)26(2)3/h4-12H,1,13-17H2,2-3H3,(H,24,29). The lowest BCUT2D eigenvalue weighted by molar-refractivity contribution is -0.134. The molecule has 1 N–H and O–H groups in total. The van der Waals surface area contributed by atoms with Gasteiger partial charge < -0.3 is 15.1 Å². The van der Waals surface area contributed by atoms with Gasteiger partial charge in [0.25, 0.3) is 0 Å². The van der Waals surface area contributed by atoms with Crippen molar-refractivity contribution in [3.05, 3.63) is 72.4 Å². The molecule has 152 valence electrons. The summed E-state index contributed by atoms with van der Waals surface area (Å²) in [4.78, 5) is 33.6. The first-order chi connectivity index (χ1) is 14.0. The predicted octanol–water partition coefficient (Wildman–Crippen LogP) is 2.51. The minimum Gasteiger partial charge on any atom is -0.363 e. The van der Waals surface area contributed by atoms with E-state index in [2.05, 4.69) is 16.9 Å². The number of nitrogens with one attached hydrogen (secondary N) is 1. The highest BCUT2D eigenvalue weighted by atomic mass is 16.2. The lowest BCUT2D eigenvalue weighted by atomic mass is 9.72. The Balaban J connectivity index is 1.78. The number of nitrogens with zero attached hydrogens (tertiary/aromatic N) is 3. The highest BCUT2D eigenvalue weighted by Crippen LogP contribution is 2.36. The van der Waals surface area contributed by atoms with Gasteiger partial charge in [-0.3, -0.25) is 9.59 Å². The maximum atomic E-state index is 13.4. The number of amides is 2. The van der Waals surface area contributed by atoms with Crippen LogP contribution in [-0.2, 0) is 21.5 Å². The number of likely N-dealkylation sites (tertiary alicyclic amines) is 1. The Morgan fingerprint density at radius 1 is 1.14 bits per heavy atom. The number of anilines is 1. The average molecular weight is 393 g/mol. The molecule has 0 radical (unpaired) electrons. The molecule has 1 aliphatic rings. The molecule has 0 saturated carbocycles. The smallest absolute Gasteiger partial charge is 0.245 e. The van der Waals surface area contributed by atoms with Crippen LogP contribution >= 0.6 is 0 Å². The van der Waals surface area contributed by atoms with Crippen LogP contribution in [0, 0.1) is 0 Å². The van der Waals surface area contributed by atoms with Gasteiger partial charge in [0.05, 0.1) is 17.7 Å². The SMILES string of the molecule is C=CC(=O)N1CCC(C(=O)NCc2cccc(N(C)C)n2)(c2ccccc2)CC1. The first kappa shape index (κ1) is 20.6. The molecule has 1 aromatic heterocycles. The van der Waals surface area contributed by atoms with Crippen LogP contribution in [-0.4, -0.2) is 48.9 Å². The van der Waals surface area contributed by atoms with Crippen LogP contribution in [0.1, 0.15) is 24.1 Å². The number of carbonyl (C=O) groups is 2. The zero-order valence-electron chi connectivity index (χ0n) is 17.1. The quantitative estimate of drug-likeness (QED) is 0.767. The second-order valence-corrected chi connectivity index (χ2v) is 7.54. The molecular weight excluding hydrogens is 364 g/mol. The molecule has 0 spiro atoms. The fourth-order valence-electron chi connectivity index (χ4n) is 3.80. The molecule has 0 atom stereocenters. The summed E-state index contributed by atoms with van der Waals surface area (Å²) in [6, 6.07) is 15.6. The van der Waals surface area contributed by atoms with Crippen molar-refractivity contribution in [2.24, 2.45) is 0 Å². The van der Waals surface area contributed by atoms with Crippen molar-refractivity contribution in [3.8, 4) is 0 Å². The molecule has 1 aliphatic heterocycles. The van der Waals surface area contributed by atoms with Crippen LogP contribution in [0.5, 0.6) is 0 Å². The van der Waals surface area contributed by atoms with Gasteiger partial charge in [-0.25, -0.2) is 4.98 Å². The van der Waals surface area contributed by atoms with Gasteiger partial charge >= 0.3 is 0 Å². The van der Waals surface area contributed by atoms with E-state index in [0.717, 1.165) is 17.1 Å². The monoisotopic (exact) mass is 392 g/mol. The Morgan fingerprint density at radius 3 is 2.45 bits per heavy atom. The highest BCUT2D eigenvalue weighted by Gasteiger charge is 2.43. The van der Waals surface area contributed by atoms with Crippen LogP contribution in [0.3, 0.4) is 0 Å². The third-order valence-electron chi connectivity index (χ3n) is 5.54. The van der Waals surface area contributed by atoms with E-state index in [1.54, 1.807) is 4.90 Å². The Kier molecular flexibility index (Phi) is 6.32. The number of hydrogen-bond donors (Lipinski definition) is 1. The molecule has 0 bridgehead atoms. The number of carbonyl (C=O) groups excluding carboxylic acids is 2. The Morgan fingerprint density at radius 2 is 1.83 bits per heavy atom. The lowest BCUT2D eigenvalue weighted by Gasteiger charge is -2.40. The number of benzene rings is 1. The summed E-state index contributed by atoms with van der Waals surface area (Å²) in [5.74, 6) is 0.744. The van der Waals surface area contributed by atoms with E-state index in [1.165, 1.54) is 6.08 Å². The summed E-state index contributed by atoms with van der Waals surface area (Å²) in [7, 11) is 3.88. The van der Waals surface area contributed by atoms with Gasteiger partial charge in [0.1, 0.15) is 5.82 Å². The fraction of sp³-hybridized carbons (Fsp3) is 0.348. The molecule has 0 unspecified atom stereocenters. The zero-order chi connectivity index (χ0) is 20.9. The van der Waals surface area contributed by atoms with Crippen molar-refractivity contribution >= 4 is 17.6 Å². The zero-order valence-corrected chi connectivity index (χ0v) is 17.1. The van der Waals surface area contributed by atoms with Gasteiger partial charge in [-0.05, 0) is 36.6 Å². The average Bonchev–Trinajstić information content (AvgIpc) is 2.77. The normalized spacial score (nSPS) is 15.4. The molecule has 2 heterocycles. The van der Waals surface area contributed by atoms with Crippen LogP contribution in [0.2, 0.25) is 0 Å². The first-order valence-electron chi connectivity index (χ1n) is 9.85. The summed E-state index contributed by atoms with van der Waals surface area (Å²) >= 11 is 0. The number of piperidine rings is 1. The number of rotatable bonds is 6. The van der Waals surface area contributed by atoms with Crippen LogP contribution in [0.15, 0.2) is 61.2 Å². The lowest BCUT2D eigenvalue weighted by Crippen LogP contribution is -2.52. The fourth-order valence-corrected chi connectivity index (χ4v) is 3.80. The van der Waals surface area contributed by atoms with Gasteiger partial charge in [-0.1, -0.05) is 43.0 Å². The van der Waals surface area contributed by atoms with Crippen molar-refractivity contribution < 1.29 is 9.59 Å². The molecule has 2 amide bonds. The molecule has 29 heavy (non-hydrogen) atoms. The summed E-state index contributed by atoms with van der Waals surface area (Å²) in [6.45, 7) is 4.99. The molecule has 3 rings (SSSR count). The minimum absolute atomic E-state index is 0.0218. The third-order valence-corrected chi connectivity index (χ3v) is 5.54. The van der Waals surface area contributed by atoms with E-state index in [1.807, 2.05) is 67.5 Å². The van der Waals surface area contributed by atoms with E-state index >= 15 is 0 Å². The van der Waals surface area contributed by atoms with Crippen LogP contribution in [0.25, 0.3) is 0 Å². The topological polar surface area (TPSA) is 65.5 Å². The Bertz CT molecular complexity index is 871. The van der Waals surface area contributed by atoms with Gasteiger partial charge in [-0.15, -0.1) is 0 Å². The van der Waals surface area contributed by atoms with Crippen molar-refractivity contribution in [1.82, 2.24) is 15.2 Å². The predicted molar refractivity (Wildman–Crippen MR) is 115 cm³/mol. The molecule has 1 fully saturated rings. The number of hydrogen-bond acceptors (Lipinski definition) is 4. The van der Waals surface area contributed by atoms with Crippen molar-refractivity contribution in [3.63, 3.8) is 0 Å². The third kappa shape index (κ3) is 4.47.